The van der Waals surface area contributed by atoms with Gasteiger partial charge in [-0.1, -0.05) is 23.2 Å². The molecular weight excluding hydrogens is 422 g/mol. The first-order valence-corrected chi connectivity index (χ1v) is 9.24. The van der Waals surface area contributed by atoms with Crippen molar-refractivity contribution in [1.29, 1.82) is 0 Å². The van der Waals surface area contributed by atoms with Gasteiger partial charge in [0, 0.05) is 24.8 Å². The zero-order chi connectivity index (χ0) is 21.6. The number of aliphatic carboxylic acids is 2. The van der Waals surface area contributed by atoms with Crippen LogP contribution in [-0.2, 0) is 14.4 Å². The predicted octanol–water partition coefficient (Wildman–Crippen LogP) is -0.0291. The highest BCUT2D eigenvalue weighted by atomic mass is 35.5. The van der Waals surface area contributed by atoms with Gasteiger partial charge < -0.3 is 35.7 Å². The van der Waals surface area contributed by atoms with Crippen molar-refractivity contribution in [3.63, 3.8) is 0 Å². The SMILES string of the molecule is O.O=C(O)C=CC(=O)O.[O-][n+]1cccc(C(Cl)=NOCC(O)CN2CCCCC2)c1. The number of likely N-dealkylation sites (tertiary alicyclic amines) is 1. The first kappa shape index (κ1) is 27.3. The Morgan fingerprint density at radius 1 is 1.27 bits per heavy atom. The monoisotopic (exact) mass is 447 g/mol. The molecule has 1 unspecified atom stereocenters. The van der Waals surface area contributed by atoms with E-state index in [1.54, 1.807) is 12.1 Å². The van der Waals surface area contributed by atoms with Crippen LogP contribution >= 0.6 is 11.6 Å². The molecule has 30 heavy (non-hydrogen) atoms. The van der Waals surface area contributed by atoms with Gasteiger partial charge in [-0.05, 0) is 32.0 Å². The van der Waals surface area contributed by atoms with Crippen molar-refractivity contribution in [2.45, 2.75) is 25.4 Å². The van der Waals surface area contributed by atoms with Crippen LogP contribution in [0.4, 0.5) is 0 Å². The number of aromatic nitrogens is 1. The second-order valence-electron chi connectivity index (χ2n) is 6.16. The van der Waals surface area contributed by atoms with Crippen molar-refractivity contribution in [1.82, 2.24) is 4.90 Å². The third-order valence-electron chi connectivity index (χ3n) is 3.71. The van der Waals surface area contributed by atoms with Gasteiger partial charge >= 0.3 is 11.9 Å². The lowest BCUT2D eigenvalue weighted by molar-refractivity contribution is -0.605. The molecule has 11 nitrogen and oxygen atoms in total. The topological polar surface area (TPSA) is 178 Å². The Balaban J connectivity index is 0.000000801. The van der Waals surface area contributed by atoms with E-state index in [9.17, 15) is 19.9 Å². The Kier molecular flexibility index (Phi) is 13.8. The fraction of sp³-hybridized carbons (Fsp3) is 0.444. The maximum absolute atomic E-state index is 11.1. The van der Waals surface area contributed by atoms with Crippen LogP contribution < -0.4 is 4.73 Å². The van der Waals surface area contributed by atoms with E-state index in [1.807, 2.05) is 0 Å². The molecule has 1 atom stereocenters. The summed E-state index contributed by atoms with van der Waals surface area (Å²) in [5, 5.41) is 40.4. The summed E-state index contributed by atoms with van der Waals surface area (Å²) >= 11 is 5.93. The first-order valence-electron chi connectivity index (χ1n) is 8.87. The average Bonchev–Trinajstić information content (AvgIpc) is 2.67. The van der Waals surface area contributed by atoms with Gasteiger partial charge in [-0.2, -0.15) is 4.73 Å². The lowest BCUT2D eigenvalue weighted by atomic mass is 10.1. The second kappa shape index (κ2) is 15.2. The van der Waals surface area contributed by atoms with Gasteiger partial charge in [0.2, 0.25) is 0 Å². The van der Waals surface area contributed by atoms with Gasteiger partial charge in [0.15, 0.2) is 17.6 Å². The standard InChI is InChI=1S/C14H20ClN3O3.C4H4O4.H2O/c15-14(12-5-4-8-18(20)9-12)16-21-11-13(19)10-17-6-2-1-3-7-17;5-3(6)1-2-4(7)8;/h4-5,8-9,13,19H,1-3,6-7,10-11H2;1-2H,(H,5,6)(H,7,8);1H2. The van der Waals surface area contributed by atoms with Crippen LogP contribution in [0, 0.1) is 5.21 Å². The van der Waals surface area contributed by atoms with Crippen molar-refractivity contribution in [2.24, 2.45) is 5.16 Å². The number of hydrogen-bond donors (Lipinski definition) is 3. The Labute approximate surface area is 178 Å². The fourth-order valence-electron chi connectivity index (χ4n) is 2.44. The third-order valence-corrected chi connectivity index (χ3v) is 4.00. The van der Waals surface area contributed by atoms with E-state index in [4.69, 9.17) is 26.7 Å². The fourth-order valence-corrected chi connectivity index (χ4v) is 2.61. The number of piperidine rings is 1. The average molecular weight is 448 g/mol. The number of aliphatic hydroxyl groups is 1. The zero-order valence-corrected chi connectivity index (χ0v) is 16.9. The highest BCUT2D eigenvalue weighted by Gasteiger charge is 2.15. The van der Waals surface area contributed by atoms with Crippen molar-refractivity contribution < 1.29 is 40.0 Å². The predicted molar refractivity (Wildman–Crippen MR) is 108 cm³/mol. The molecule has 2 rings (SSSR count). The van der Waals surface area contributed by atoms with E-state index in [2.05, 4.69) is 10.1 Å². The molecular formula is C18H26ClN3O8. The number of carbonyl (C=O) groups is 2. The Morgan fingerprint density at radius 3 is 2.40 bits per heavy atom. The van der Waals surface area contributed by atoms with Gasteiger partial charge in [0.1, 0.15) is 12.7 Å². The maximum atomic E-state index is 11.1. The number of carboxylic acids is 2. The summed E-state index contributed by atoms with van der Waals surface area (Å²) in [6.07, 6.45) is 6.80. The molecule has 1 fully saturated rings. The lowest BCUT2D eigenvalue weighted by Crippen LogP contribution is -2.38. The van der Waals surface area contributed by atoms with E-state index in [0.717, 1.165) is 13.1 Å². The maximum Gasteiger partial charge on any atom is 0.328 e. The molecule has 2 heterocycles. The molecule has 0 radical (unpaired) electrons. The number of halogens is 1. The van der Waals surface area contributed by atoms with Crippen LogP contribution in [0.5, 0.6) is 0 Å². The van der Waals surface area contributed by atoms with E-state index in [0.29, 0.717) is 29.0 Å². The second-order valence-corrected chi connectivity index (χ2v) is 6.51. The molecule has 0 saturated carbocycles. The summed E-state index contributed by atoms with van der Waals surface area (Å²) < 4.78 is 0.637. The molecule has 1 aromatic heterocycles. The van der Waals surface area contributed by atoms with Crippen LogP contribution in [0.2, 0.25) is 0 Å². The molecule has 1 aromatic rings. The summed E-state index contributed by atoms with van der Waals surface area (Å²) in [4.78, 5) is 26.4. The number of oxime groups is 1. The number of nitrogens with zero attached hydrogens (tertiary/aromatic N) is 3. The van der Waals surface area contributed by atoms with Crippen LogP contribution in [0.3, 0.4) is 0 Å². The molecule has 0 aromatic carbocycles. The highest BCUT2D eigenvalue weighted by Crippen LogP contribution is 2.09. The van der Waals surface area contributed by atoms with E-state index < -0.39 is 18.0 Å². The summed E-state index contributed by atoms with van der Waals surface area (Å²) in [5.41, 5.74) is 0.472. The third kappa shape index (κ3) is 12.7. The summed E-state index contributed by atoms with van der Waals surface area (Å²) in [6.45, 7) is 2.71. The molecule has 1 saturated heterocycles. The number of β-amino-alcohol motifs (C(OH)–C–C–N with tert-alkyl or cyclic N) is 1. The molecule has 0 amide bonds. The lowest BCUT2D eigenvalue weighted by Gasteiger charge is -2.27. The first-order chi connectivity index (χ1) is 13.8. The molecule has 5 N–H and O–H groups in total. The van der Waals surface area contributed by atoms with Crippen molar-refractivity contribution in [3.05, 3.63) is 47.4 Å². The molecule has 0 bridgehead atoms. The summed E-state index contributed by atoms with van der Waals surface area (Å²) in [5.74, 6) is -2.51. The number of aliphatic hydroxyl groups excluding tert-OH is 1. The summed E-state index contributed by atoms with van der Waals surface area (Å²) in [6, 6.07) is 3.24. The molecule has 0 spiro atoms. The Hall–Kier alpha value is -2.73. The molecule has 12 heteroatoms. The number of pyridine rings is 1. The minimum absolute atomic E-state index is 0. The van der Waals surface area contributed by atoms with Crippen LogP contribution in [-0.4, -0.2) is 75.2 Å². The zero-order valence-electron chi connectivity index (χ0n) is 16.2. The Morgan fingerprint density at radius 2 is 1.87 bits per heavy atom. The van der Waals surface area contributed by atoms with E-state index in [1.165, 1.54) is 31.7 Å². The minimum Gasteiger partial charge on any atom is -0.619 e. The minimum atomic E-state index is -1.26. The highest BCUT2D eigenvalue weighted by molar-refractivity contribution is 6.69. The normalized spacial score (nSPS) is 15.5. The van der Waals surface area contributed by atoms with Crippen LogP contribution in [0.25, 0.3) is 0 Å². The Bertz CT molecular complexity index is 707. The van der Waals surface area contributed by atoms with Gasteiger partial charge in [-0.25, -0.2) is 9.59 Å². The summed E-state index contributed by atoms with van der Waals surface area (Å²) in [7, 11) is 0. The van der Waals surface area contributed by atoms with Crippen molar-refractivity contribution in [2.75, 3.05) is 26.2 Å². The van der Waals surface area contributed by atoms with E-state index in [-0.39, 0.29) is 17.3 Å². The molecule has 168 valence electrons. The van der Waals surface area contributed by atoms with Crippen molar-refractivity contribution >= 4 is 28.7 Å². The molecule has 1 aliphatic rings. The van der Waals surface area contributed by atoms with Crippen molar-refractivity contribution in [3.8, 4) is 0 Å². The largest absolute Gasteiger partial charge is 0.619 e. The number of hydrogen-bond acceptors (Lipinski definition) is 7. The van der Waals surface area contributed by atoms with Gasteiger partial charge in [-0.15, -0.1) is 0 Å². The quantitative estimate of drug-likeness (QED) is 0.163. The number of rotatable bonds is 8. The van der Waals surface area contributed by atoms with Gasteiger partial charge in [0.05, 0.1) is 5.56 Å². The van der Waals surface area contributed by atoms with Gasteiger partial charge in [-0.3, -0.25) is 0 Å². The van der Waals surface area contributed by atoms with Gasteiger partial charge in [0.25, 0.3) is 0 Å². The van der Waals surface area contributed by atoms with Crippen LogP contribution in [0.15, 0.2) is 41.8 Å². The molecule has 0 aliphatic carbocycles. The smallest absolute Gasteiger partial charge is 0.328 e. The number of carboxylic acid groups (broad SMARTS) is 2. The van der Waals surface area contributed by atoms with Crippen LogP contribution in [0.1, 0.15) is 24.8 Å². The van der Waals surface area contributed by atoms with E-state index >= 15 is 0 Å². The molecule has 1 aliphatic heterocycles.